The molecule has 106 valence electrons. The first-order valence-electron chi connectivity index (χ1n) is 7.19. The fraction of sp³-hybridized carbons (Fsp3) is 0.625. The van der Waals surface area contributed by atoms with Crippen molar-refractivity contribution in [2.45, 2.75) is 39.7 Å². The summed E-state index contributed by atoms with van der Waals surface area (Å²) in [5, 5.41) is 3.68. The van der Waals surface area contributed by atoms with Crippen molar-refractivity contribution in [1.82, 2.24) is 0 Å². The molecule has 1 aliphatic heterocycles. The Morgan fingerprint density at radius 1 is 1.32 bits per heavy atom. The second kappa shape index (κ2) is 6.56. The zero-order valence-corrected chi connectivity index (χ0v) is 13.1. The zero-order valence-electron chi connectivity index (χ0n) is 12.2. The summed E-state index contributed by atoms with van der Waals surface area (Å²) in [6.07, 6.45) is 2.33. The Bertz CT molecular complexity index is 388. The fourth-order valence-corrected chi connectivity index (χ4v) is 3.85. The summed E-state index contributed by atoms with van der Waals surface area (Å²) in [7, 11) is 0. The maximum Gasteiger partial charge on any atom is 0.119 e. The Kier molecular flexibility index (Phi) is 5.03. The molecule has 1 saturated heterocycles. The second-order valence-electron chi connectivity index (χ2n) is 5.88. The first-order valence-corrected chi connectivity index (χ1v) is 8.34. The van der Waals surface area contributed by atoms with Gasteiger partial charge in [-0.25, -0.2) is 0 Å². The molecule has 1 aliphatic rings. The summed E-state index contributed by atoms with van der Waals surface area (Å²) in [6, 6.07) is 8.91. The highest BCUT2D eigenvalue weighted by atomic mass is 32.2. The lowest BCUT2D eigenvalue weighted by molar-refractivity contribution is 0.305. The van der Waals surface area contributed by atoms with E-state index in [-0.39, 0.29) is 0 Å². The molecule has 0 aliphatic carbocycles. The van der Waals surface area contributed by atoms with Crippen LogP contribution < -0.4 is 10.1 Å². The number of hydrogen-bond acceptors (Lipinski definition) is 3. The molecule has 3 heteroatoms. The van der Waals surface area contributed by atoms with Crippen LogP contribution in [-0.4, -0.2) is 24.2 Å². The van der Waals surface area contributed by atoms with E-state index in [9.17, 15) is 0 Å². The average Bonchev–Trinajstić information content (AvgIpc) is 2.40. The van der Waals surface area contributed by atoms with E-state index in [0.717, 1.165) is 18.8 Å². The van der Waals surface area contributed by atoms with Crippen LogP contribution in [-0.2, 0) is 0 Å². The van der Waals surface area contributed by atoms with Crippen LogP contribution in [0, 0.1) is 5.41 Å². The van der Waals surface area contributed by atoms with Gasteiger partial charge in [0.15, 0.2) is 0 Å². The summed E-state index contributed by atoms with van der Waals surface area (Å²) in [5.41, 5.74) is 1.58. The summed E-state index contributed by atoms with van der Waals surface area (Å²) in [4.78, 5) is 0. The summed E-state index contributed by atoms with van der Waals surface area (Å²) >= 11 is 2.05. The van der Waals surface area contributed by atoms with Crippen molar-refractivity contribution < 1.29 is 4.74 Å². The third-order valence-electron chi connectivity index (χ3n) is 3.79. The quantitative estimate of drug-likeness (QED) is 0.862. The lowest BCUT2D eigenvalue weighted by atomic mass is 9.82. The van der Waals surface area contributed by atoms with E-state index in [1.165, 1.54) is 23.6 Å². The molecule has 1 aromatic rings. The molecule has 1 unspecified atom stereocenters. The third kappa shape index (κ3) is 4.07. The van der Waals surface area contributed by atoms with Gasteiger partial charge in [0.2, 0.25) is 0 Å². The minimum Gasteiger partial charge on any atom is -0.494 e. The van der Waals surface area contributed by atoms with E-state index in [1.807, 2.05) is 0 Å². The lowest BCUT2D eigenvalue weighted by Gasteiger charge is -2.39. The standard InChI is InChI=1S/C16H25NOS/c1-4-10-18-14-7-5-13(6-8-14)17-15-12-19-11-9-16(15,2)3/h5-8,15,17H,4,9-12H2,1-3H3. The van der Waals surface area contributed by atoms with Crippen LogP contribution in [0.5, 0.6) is 5.75 Å². The molecule has 2 nitrogen and oxygen atoms in total. The average molecular weight is 279 g/mol. The minimum absolute atomic E-state index is 0.378. The molecule has 1 heterocycles. The second-order valence-corrected chi connectivity index (χ2v) is 7.03. The molecule has 1 atom stereocenters. The van der Waals surface area contributed by atoms with Crippen molar-refractivity contribution in [3.05, 3.63) is 24.3 Å². The molecule has 1 N–H and O–H groups in total. The normalized spacial score (nSPS) is 21.9. The predicted molar refractivity (Wildman–Crippen MR) is 85.4 cm³/mol. The highest BCUT2D eigenvalue weighted by molar-refractivity contribution is 7.99. The van der Waals surface area contributed by atoms with Crippen LogP contribution in [0.2, 0.25) is 0 Å². The molecular weight excluding hydrogens is 254 g/mol. The van der Waals surface area contributed by atoms with Crippen LogP contribution >= 0.6 is 11.8 Å². The molecule has 0 saturated carbocycles. The minimum atomic E-state index is 0.378. The maximum atomic E-state index is 5.61. The van der Waals surface area contributed by atoms with Crippen molar-refractivity contribution in [2.24, 2.45) is 5.41 Å². The molecule has 0 radical (unpaired) electrons. The van der Waals surface area contributed by atoms with E-state index in [2.05, 4.69) is 62.1 Å². The Hall–Kier alpha value is -0.830. The summed E-state index contributed by atoms with van der Waals surface area (Å²) < 4.78 is 5.61. The highest BCUT2D eigenvalue weighted by Crippen LogP contribution is 2.36. The molecule has 0 spiro atoms. The number of rotatable bonds is 5. The number of hydrogen-bond donors (Lipinski definition) is 1. The number of thioether (sulfide) groups is 1. The highest BCUT2D eigenvalue weighted by Gasteiger charge is 2.32. The monoisotopic (exact) mass is 279 g/mol. The van der Waals surface area contributed by atoms with Gasteiger partial charge in [-0.05, 0) is 48.3 Å². The number of ether oxygens (including phenoxy) is 1. The maximum absolute atomic E-state index is 5.61. The topological polar surface area (TPSA) is 21.3 Å². The van der Waals surface area contributed by atoms with Crippen LogP contribution in [0.25, 0.3) is 0 Å². The summed E-state index contributed by atoms with van der Waals surface area (Å²) in [6.45, 7) is 7.64. The van der Waals surface area contributed by atoms with Gasteiger partial charge in [-0.1, -0.05) is 20.8 Å². The molecule has 0 amide bonds. The first-order chi connectivity index (χ1) is 9.12. The van der Waals surface area contributed by atoms with E-state index in [4.69, 9.17) is 4.74 Å². The molecule has 2 rings (SSSR count). The van der Waals surface area contributed by atoms with E-state index in [0.29, 0.717) is 11.5 Å². The molecule has 1 fully saturated rings. The van der Waals surface area contributed by atoms with Gasteiger partial charge < -0.3 is 10.1 Å². The Labute approximate surface area is 121 Å². The Morgan fingerprint density at radius 3 is 2.68 bits per heavy atom. The number of anilines is 1. The molecule has 19 heavy (non-hydrogen) atoms. The summed E-state index contributed by atoms with van der Waals surface area (Å²) in [5.74, 6) is 3.44. The van der Waals surface area contributed by atoms with E-state index < -0.39 is 0 Å². The lowest BCUT2D eigenvalue weighted by Crippen LogP contribution is -2.41. The van der Waals surface area contributed by atoms with Crippen LogP contribution in [0.1, 0.15) is 33.6 Å². The smallest absolute Gasteiger partial charge is 0.119 e. The molecule has 0 aromatic heterocycles. The Morgan fingerprint density at radius 2 is 2.05 bits per heavy atom. The predicted octanol–water partition coefficient (Wildman–Crippen LogP) is 4.42. The van der Waals surface area contributed by atoms with Crippen LogP contribution in [0.4, 0.5) is 5.69 Å². The number of benzene rings is 1. The third-order valence-corrected chi connectivity index (χ3v) is 4.85. The van der Waals surface area contributed by atoms with Gasteiger partial charge in [0, 0.05) is 17.5 Å². The van der Waals surface area contributed by atoms with Gasteiger partial charge in [0.1, 0.15) is 5.75 Å². The van der Waals surface area contributed by atoms with E-state index in [1.54, 1.807) is 0 Å². The molecule has 0 bridgehead atoms. The van der Waals surface area contributed by atoms with E-state index >= 15 is 0 Å². The SMILES string of the molecule is CCCOc1ccc(NC2CSCCC2(C)C)cc1. The fourth-order valence-electron chi connectivity index (χ4n) is 2.24. The van der Waals surface area contributed by atoms with Crippen molar-refractivity contribution in [3.8, 4) is 5.75 Å². The van der Waals surface area contributed by atoms with Gasteiger partial charge >= 0.3 is 0 Å². The van der Waals surface area contributed by atoms with Crippen molar-refractivity contribution in [3.63, 3.8) is 0 Å². The van der Waals surface area contributed by atoms with Gasteiger partial charge in [-0.3, -0.25) is 0 Å². The van der Waals surface area contributed by atoms with Crippen LogP contribution in [0.3, 0.4) is 0 Å². The van der Waals surface area contributed by atoms with Crippen molar-refractivity contribution in [2.75, 3.05) is 23.4 Å². The van der Waals surface area contributed by atoms with Gasteiger partial charge in [0.25, 0.3) is 0 Å². The van der Waals surface area contributed by atoms with Crippen molar-refractivity contribution >= 4 is 17.4 Å². The molecule has 1 aromatic carbocycles. The Balaban J connectivity index is 1.95. The van der Waals surface area contributed by atoms with Gasteiger partial charge in [-0.2, -0.15) is 11.8 Å². The van der Waals surface area contributed by atoms with Gasteiger partial charge in [0.05, 0.1) is 6.61 Å². The van der Waals surface area contributed by atoms with Crippen LogP contribution in [0.15, 0.2) is 24.3 Å². The molecular formula is C16H25NOS. The largest absolute Gasteiger partial charge is 0.494 e. The van der Waals surface area contributed by atoms with Gasteiger partial charge in [-0.15, -0.1) is 0 Å². The van der Waals surface area contributed by atoms with Crippen molar-refractivity contribution in [1.29, 1.82) is 0 Å². The first kappa shape index (κ1) is 14.6. The zero-order chi connectivity index (χ0) is 13.7. The number of nitrogens with one attached hydrogen (secondary N) is 1.